The number of carbonyl (C=O) groups is 1. The molecule has 1 amide bonds. The molecule has 8 nitrogen and oxygen atoms in total. The summed E-state index contributed by atoms with van der Waals surface area (Å²) in [7, 11) is -4.14. The minimum atomic E-state index is -4.78. The Morgan fingerprint density at radius 3 is 2.37 bits per heavy atom. The van der Waals surface area contributed by atoms with E-state index >= 15 is 0 Å². The highest BCUT2D eigenvalue weighted by molar-refractivity contribution is 7.92. The molecule has 0 unspecified atom stereocenters. The van der Waals surface area contributed by atoms with Gasteiger partial charge in [0.25, 0.3) is 0 Å². The maximum atomic E-state index is 13.8. The van der Waals surface area contributed by atoms with E-state index in [0.29, 0.717) is 42.5 Å². The summed E-state index contributed by atoms with van der Waals surface area (Å²) in [6, 6.07) is 8.57. The molecule has 2 atom stereocenters. The van der Waals surface area contributed by atoms with Crippen molar-refractivity contribution in [1.29, 1.82) is 5.26 Å². The number of alkyl halides is 3. The molecule has 1 aromatic heterocycles. The lowest BCUT2D eigenvalue weighted by Gasteiger charge is -2.19. The number of pyridine rings is 1. The fourth-order valence-corrected chi connectivity index (χ4v) is 6.38. The Balaban J connectivity index is 0.000000375. The number of benzene rings is 1. The van der Waals surface area contributed by atoms with Crippen LogP contribution in [-0.4, -0.2) is 47.6 Å². The molecule has 38 heavy (non-hydrogen) atoms. The molecule has 0 radical (unpaired) electrons. The van der Waals surface area contributed by atoms with Crippen molar-refractivity contribution >= 4 is 15.9 Å². The van der Waals surface area contributed by atoms with Crippen molar-refractivity contribution in [1.82, 2.24) is 10.3 Å². The number of nitrogens with one attached hydrogen (secondary N) is 1. The monoisotopic (exact) mass is 553 g/mol. The zero-order valence-corrected chi connectivity index (χ0v) is 22.1. The number of aryl methyl sites for hydroxylation is 1. The third-order valence-electron chi connectivity index (χ3n) is 6.37. The molecule has 2 fully saturated rings. The van der Waals surface area contributed by atoms with Gasteiger partial charge in [-0.1, -0.05) is 6.07 Å². The first kappa shape index (κ1) is 29.4. The summed E-state index contributed by atoms with van der Waals surface area (Å²) in [5, 5.41) is 17.7. The van der Waals surface area contributed by atoms with Gasteiger partial charge in [0.2, 0.25) is 0 Å². The highest BCUT2D eigenvalue weighted by Gasteiger charge is 2.45. The predicted molar refractivity (Wildman–Crippen MR) is 133 cm³/mol. The van der Waals surface area contributed by atoms with E-state index < -0.39 is 43.4 Å². The van der Waals surface area contributed by atoms with Crippen LogP contribution in [0.25, 0.3) is 11.1 Å². The predicted octanol–water partition coefficient (Wildman–Crippen LogP) is 5.51. The van der Waals surface area contributed by atoms with Crippen LogP contribution in [0.1, 0.15) is 57.2 Å². The van der Waals surface area contributed by atoms with Gasteiger partial charge < -0.3 is 15.2 Å². The summed E-state index contributed by atoms with van der Waals surface area (Å²) in [5.74, 6) is 0. The van der Waals surface area contributed by atoms with Gasteiger partial charge in [-0.25, -0.2) is 13.2 Å². The SMILES string of the molecule is Cc1cc(-c2ccc(S(=O)(=O)[C@@H]3CC[C@@H](OC(C)C)C3)c(C(F)(F)F)c2)ccn1.N#CC1(NC(=O)O)CC1. The zero-order valence-electron chi connectivity index (χ0n) is 21.2. The van der Waals surface area contributed by atoms with Crippen LogP contribution in [0.4, 0.5) is 18.0 Å². The molecule has 206 valence electrons. The number of halogens is 3. The van der Waals surface area contributed by atoms with E-state index in [2.05, 4.69) is 10.3 Å². The van der Waals surface area contributed by atoms with E-state index in [1.807, 2.05) is 19.9 Å². The summed E-state index contributed by atoms with van der Waals surface area (Å²) in [4.78, 5) is 13.3. The van der Waals surface area contributed by atoms with Gasteiger partial charge in [0.15, 0.2) is 9.84 Å². The van der Waals surface area contributed by atoms with Gasteiger partial charge in [-0.2, -0.15) is 18.4 Å². The van der Waals surface area contributed by atoms with Gasteiger partial charge in [-0.05, 0) is 88.3 Å². The zero-order chi connectivity index (χ0) is 28.3. The molecular weight excluding hydrogens is 523 g/mol. The maximum Gasteiger partial charge on any atom is 0.417 e. The summed E-state index contributed by atoms with van der Waals surface area (Å²) in [6.45, 7) is 5.44. The van der Waals surface area contributed by atoms with E-state index in [-0.39, 0.29) is 18.6 Å². The van der Waals surface area contributed by atoms with Crippen molar-refractivity contribution in [3.8, 4) is 17.2 Å². The number of ether oxygens (including phenoxy) is 1. The van der Waals surface area contributed by atoms with E-state index in [1.54, 1.807) is 19.1 Å². The van der Waals surface area contributed by atoms with Crippen LogP contribution < -0.4 is 5.32 Å². The average Bonchev–Trinajstić information content (AvgIpc) is 3.43. The first-order valence-corrected chi connectivity index (χ1v) is 13.7. The molecule has 1 aromatic carbocycles. The van der Waals surface area contributed by atoms with E-state index in [0.717, 1.165) is 12.1 Å². The Labute approximate surface area is 219 Å². The van der Waals surface area contributed by atoms with Crippen molar-refractivity contribution in [3.05, 3.63) is 47.8 Å². The van der Waals surface area contributed by atoms with Gasteiger partial charge in [0, 0.05) is 11.9 Å². The molecule has 0 spiro atoms. The molecule has 1 heterocycles. The normalized spacial score (nSPS) is 20.3. The minimum Gasteiger partial charge on any atom is -0.465 e. The second kappa shape index (κ2) is 11.3. The number of rotatable bonds is 6. The minimum absolute atomic E-state index is 0.0599. The van der Waals surface area contributed by atoms with Crippen molar-refractivity contribution < 1.29 is 36.2 Å². The molecule has 4 rings (SSSR count). The Kier molecular flexibility index (Phi) is 8.73. The number of hydrogen-bond acceptors (Lipinski definition) is 6. The molecule has 2 N–H and O–H groups in total. The molecule has 0 bridgehead atoms. The molecule has 0 aliphatic heterocycles. The number of aromatic nitrogens is 1. The van der Waals surface area contributed by atoms with E-state index in [1.165, 1.54) is 12.3 Å². The van der Waals surface area contributed by atoms with E-state index in [9.17, 15) is 26.4 Å². The van der Waals surface area contributed by atoms with Crippen LogP contribution in [-0.2, 0) is 20.8 Å². The maximum absolute atomic E-state index is 13.8. The molecule has 2 saturated carbocycles. The second-order valence-electron chi connectivity index (χ2n) is 9.81. The number of nitrogens with zero attached hydrogens (tertiary/aromatic N) is 2. The van der Waals surface area contributed by atoms with Crippen molar-refractivity contribution in [2.75, 3.05) is 0 Å². The molecular formula is C26H30F3N3O5S. The van der Waals surface area contributed by atoms with Crippen molar-refractivity contribution in [2.45, 2.75) is 86.9 Å². The van der Waals surface area contributed by atoms with Gasteiger partial charge in [-0.3, -0.25) is 4.98 Å². The van der Waals surface area contributed by atoms with Crippen LogP contribution in [0.3, 0.4) is 0 Å². The quantitative estimate of drug-likeness (QED) is 0.483. The fraction of sp³-hybridized carbons (Fsp3) is 0.500. The topological polar surface area (TPSA) is 129 Å². The molecule has 0 saturated heterocycles. The Morgan fingerprint density at radius 1 is 1.21 bits per heavy atom. The Morgan fingerprint density at radius 2 is 1.87 bits per heavy atom. The number of carboxylic acid groups (broad SMARTS) is 1. The average molecular weight is 554 g/mol. The van der Waals surface area contributed by atoms with Gasteiger partial charge in [0.1, 0.15) is 5.54 Å². The Bertz CT molecular complexity index is 1320. The molecule has 2 aromatic rings. The number of sulfone groups is 1. The molecule has 2 aliphatic carbocycles. The highest BCUT2D eigenvalue weighted by Crippen LogP contribution is 2.41. The standard InChI is InChI=1S/C21H24F3NO3S.C5H6N2O2/c1-13(2)28-17-5-6-18(12-17)29(26,27)20-7-4-15(11-19(20)21(22,23)24)16-8-9-25-14(3)10-16;6-3-5(1-2-5)7-4(8)9/h4,7-11,13,17-18H,5-6,12H2,1-3H3;7H,1-2H2,(H,8,9)/t17-,18-;/m1./s1. The van der Waals surface area contributed by atoms with Crippen LogP contribution in [0, 0.1) is 18.3 Å². The largest absolute Gasteiger partial charge is 0.465 e. The first-order chi connectivity index (χ1) is 17.7. The van der Waals surface area contributed by atoms with Crippen molar-refractivity contribution in [3.63, 3.8) is 0 Å². The van der Waals surface area contributed by atoms with Crippen molar-refractivity contribution in [2.24, 2.45) is 0 Å². The van der Waals surface area contributed by atoms with Crippen LogP contribution in [0.2, 0.25) is 0 Å². The van der Waals surface area contributed by atoms with Gasteiger partial charge in [-0.15, -0.1) is 0 Å². The van der Waals surface area contributed by atoms with E-state index in [4.69, 9.17) is 15.1 Å². The highest BCUT2D eigenvalue weighted by atomic mass is 32.2. The van der Waals surface area contributed by atoms with Gasteiger partial charge >= 0.3 is 12.3 Å². The van der Waals surface area contributed by atoms with Crippen LogP contribution >= 0.6 is 0 Å². The number of nitriles is 1. The van der Waals surface area contributed by atoms with Crippen LogP contribution in [0.15, 0.2) is 41.4 Å². The van der Waals surface area contributed by atoms with Crippen LogP contribution in [0.5, 0.6) is 0 Å². The van der Waals surface area contributed by atoms with Gasteiger partial charge in [0.05, 0.1) is 34.0 Å². The first-order valence-electron chi connectivity index (χ1n) is 12.1. The lowest BCUT2D eigenvalue weighted by molar-refractivity contribution is -0.139. The third-order valence-corrected chi connectivity index (χ3v) is 8.65. The Hall–Kier alpha value is -3.17. The second-order valence-corrected chi connectivity index (χ2v) is 12.0. The molecule has 2 aliphatic rings. The summed E-state index contributed by atoms with van der Waals surface area (Å²) in [6.07, 6.45) is -2.37. The number of amides is 1. The summed E-state index contributed by atoms with van der Waals surface area (Å²) >= 11 is 0. The fourth-order valence-electron chi connectivity index (χ4n) is 4.37. The lowest BCUT2D eigenvalue weighted by atomic mass is 10.0. The number of hydrogen-bond donors (Lipinski definition) is 2. The third kappa shape index (κ3) is 7.23. The molecule has 12 heteroatoms. The summed E-state index contributed by atoms with van der Waals surface area (Å²) in [5.41, 5.74) is -0.341. The lowest BCUT2D eigenvalue weighted by Crippen LogP contribution is -2.33. The summed E-state index contributed by atoms with van der Waals surface area (Å²) < 4.78 is 73.2. The smallest absolute Gasteiger partial charge is 0.417 e.